The lowest BCUT2D eigenvalue weighted by atomic mass is 10.1. The Morgan fingerprint density at radius 2 is 1.70 bits per heavy atom. The highest BCUT2D eigenvalue weighted by atomic mass is 19.1. The summed E-state index contributed by atoms with van der Waals surface area (Å²) in [6.45, 7) is 0.647. The van der Waals surface area contributed by atoms with E-state index in [-0.39, 0.29) is 5.82 Å². The lowest BCUT2D eigenvalue weighted by Gasteiger charge is -2.10. The van der Waals surface area contributed by atoms with E-state index in [2.05, 4.69) is 27.8 Å². The molecule has 6 rings (SSSR count). The van der Waals surface area contributed by atoms with Gasteiger partial charge < -0.3 is 8.98 Å². The summed E-state index contributed by atoms with van der Waals surface area (Å²) in [5.74, 6) is 0.412. The van der Waals surface area contributed by atoms with Crippen LogP contribution in [0, 0.1) is 5.82 Å². The first-order valence-electron chi connectivity index (χ1n) is 9.75. The molecule has 0 fully saturated rings. The number of hydrogen-bond acceptors (Lipinski definition) is 3. The number of halogens is 1. The zero-order valence-electron chi connectivity index (χ0n) is 15.9. The van der Waals surface area contributed by atoms with Gasteiger partial charge in [-0.05, 0) is 42.0 Å². The Bertz CT molecular complexity index is 1530. The predicted octanol–water partition coefficient (Wildman–Crippen LogP) is 6.19. The Kier molecular flexibility index (Phi) is 3.68. The van der Waals surface area contributed by atoms with E-state index in [4.69, 9.17) is 9.40 Å². The standard InChI is InChI=1S/C25H16FN3O/c26-19-13-12-18(23-22(19)17-9-6-14-27-25(17)30-23)24-28-20-10-4-5-11-21(20)29(24)15-16-7-2-1-3-8-16/h1-14H,15H2. The van der Waals surface area contributed by atoms with Crippen LogP contribution in [0.1, 0.15) is 5.56 Å². The summed E-state index contributed by atoms with van der Waals surface area (Å²) < 4.78 is 22.9. The maximum Gasteiger partial charge on any atom is 0.227 e. The molecular weight excluding hydrogens is 377 g/mol. The van der Waals surface area contributed by atoms with Crippen molar-refractivity contribution in [2.45, 2.75) is 6.54 Å². The minimum atomic E-state index is -0.328. The number of imidazole rings is 1. The number of nitrogens with zero attached hydrogens (tertiary/aromatic N) is 3. The molecule has 0 N–H and O–H groups in total. The molecule has 0 radical (unpaired) electrons. The molecule has 0 amide bonds. The molecule has 3 heterocycles. The van der Waals surface area contributed by atoms with E-state index < -0.39 is 0 Å². The van der Waals surface area contributed by atoms with E-state index in [1.807, 2.05) is 42.5 Å². The number of aromatic nitrogens is 3. The van der Waals surface area contributed by atoms with E-state index in [1.54, 1.807) is 18.3 Å². The van der Waals surface area contributed by atoms with Crippen molar-refractivity contribution < 1.29 is 8.81 Å². The molecule has 0 atom stereocenters. The van der Waals surface area contributed by atoms with Crippen molar-refractivity contribution in [2.75, 3.05) is 0 Å². The minimum absolute atomic E-state index is 0.328. The number of para-hydroxylation sites is 2. The number of furan rings is 1. The van der Waals surface area contributed by atoms with Crippen LogP contribution in [-0.4, -0.2) is 14.5 Å². The molecule has 0 saturated carbocycles. The highest BCUT2D eigenvalue weighted by Gasteiger charge is 2.21. The maximum atomic E-state index is 14.8. The first kappa shape index (κ1) is 16.9. The van der Waals surface area contributed by atoms with Crippen LogP contribution in [0.4, 0.5) is 4.39 Å². The van der Waals surface area contributed by atoms with E-state index in [9.17, 15) is 4.39 Å². The van der Waals surface area contributed by atoms with Gasteiger partial charge >= 0.3 is 0 Å². The van der Waals surface area contributed by atoms with E-state index in [1.165, 1.54) is 6.07 Å². The molecule has 0 aliphatic carbocycles. The molecular formula is C25H16FN3O. The van der Waals surface area contributed by atoms with Gasteiger partial charge in [0, 0.05) is 12.7 Å². The SMILES string of the molecule is Fc1ccc(-c2nc3ccccc3n2Cc2ccccc2)c2oc3ncccc3c12. The molecule has 3 aromatic heterocycles. The second kappa shape index (κ2) is 6.52. The molecule has 0 aliphatic rings. The molecule has 0 spiro atoms. The molecule has 3 aromatic carbocycles. The largest absolute Gasteiger partial charge is 0.437 e. The summed E-state index contributed by atoms with van der Waals surface area (Å²) in [6, 6.07) is 25.1. The van der Waals surface area contributed by atoms with Gasteiger partial charge in [-0.3, -0.25) is 0 Å². The van der Waals surface area contributed by atoms with Gasteiger partial charge in [0.05, 0.1) is 27.4 Å². The fourth-order valence-corrected chi connectivity index (χ4v) is 4.06. The fourth-order valence-electron chi connectivity index (χ4n) is 4.06. The van der Waals surface area contributed by atoms with Gasteiger partial charge in [-0.2, -0.15) is 0 Å². The van der Waals surface area contributed by atoms with Crippen LogP contribution in [0.15, 0.2) is 89.5 Å². The second-order valence-corrected chi connectivity index (χ2v) is 7.25. The van der Waals surface area contributed by atoms with Gasteiger partial charge in [-0.1, -0.05) is 42.5 Å². The number of fused-ring (bicyclic) bond motifs is 4. The highest BCUT2D eigenvalue weighted by molar-refractivity contribution is 6.08. The van der Waals surface area contributed by atoms with Crippen molar-refractivity contribution in [1.82, 2.24) is 14.5 Å². The van der Waals surface area contributed by atoms with E-state index in [0.717, 1.165) is 28.0 Å². The third-order valence-corrected chi connectivity index (χ3v) is 5.43. The van der Waals surface area contributed by atoms with Crippen molar-refractivity contribution in [3.8, 4) is 11.4 Å². The van der Waals surface area contributed by atoms with Crippen LogP contribution in [0.2, 0.25) is 0 Å². The highest BCUT2D eigenvalue weighted by Crippen LogP contribution is 2.37. The predicted molar refractivity (Wildman–Crippen MR) is 116 cm³/mol. The van der Waals surface area contributed by atoms with Gasteiger partial charge in [0.2, 0.25) is 5.71 Å². The summed E-state index contributed by atoms with van der Waals surface area (Å²) in [7, 11) is 0. The van der Waals surface area contributed by atoms with Gasteiger partial charge in [-0.25, -0.2) is 14.4 Å². The molecule has 0 unspecified atom stereocenters. The molecule has 0 bridgehead atoms. The monoisotopic (exact) mass is 393 g/mol. The molecule has 6 aromatic rings. The lowest BCUT2D eigenvalue weighted by molar-refractivity contribution is 0.631. The first-order chi connectivity index (χ1) is 14.8. The summed E-state index contributed by atoms with van der Waals surface area (Å²) in [5.41, 5.74) is 4.69. The van der Waals surface area contributed by atoms with Crippen molar-refractivity contribution in [1.29, 1.82) is 0 Å². The third kappa shape index (κ3) is 2.52. The number of pyridine rings is 1. The van der Waals surface area contributed by atoms with Crippen LogP contribution >= 0.6 is 0 Å². The number of rotatable bonds is 3. The number of benzene rings is 3. The molecule has 30 heavy (non-hydrogen) atoms. The minimum Gasteiger partial charge on any atom is -0.437 e. The van der Waals surface area contributed by atoms with Crippen LogP contribution < -0.4 is 0 Å². The quantitative estimate of drug-likeness (QED) is 0.360. The average molecular weight is 393 g/mol. The Hall–Kier alpha value is -3.99. The second-order valence-electron chi connectivity index (χ2n) is 7.25. The van der Waals surface area contributed by atoms with Crippen molar-refractivity contribution in [3.63, 3.8) is 0 Å². The van der Waals surface area contributed by atoms with Crippen molar-refractivity contribution in [3.05, 3.63) is 96.4 Å². The summed E-state index contributed by atoms with van der Waals surface area (Å²) in [5, 5.41) is 1.10. The van der Waals surface area contributed by atoms with Gasteiger partial charge in [0.15, 0.2) is 5.58 Å². The zero-order chi connectivity index (χ0) is 20.1. The summed E-state index contributed by atoms with van der Waals surface area (Å²) in [4.78, 5) is 9.16. The van der Waals surface area contributed by atoms with Gasteiger partial charge in [0.1, 0.15) is 11.6 Å². The van der Waals surface area contributed by atoms with Crippen molar-refractivity contribution in [2.24, 2.45) is 0 Å². The van der Waals surface area contributed by atoms with Crippen LogP contribution in [0.5, 0.6) is 0 Å². The smallest absolute Gasteiger partial charge is 0.227 e. The van der Waals surface area contributed by atoms with E-state index >= 15 is 0 Å². The topological polar surface area (TPSA) is 43.9 Å². The molecule has 144 valence electrons. The zero-order valence-corrected chi connectivity index (χ0v) is 15.9. The Morgan fingerprint density at radius 3 is 2.60 bits per heavy atom. The normalized spacial score (nSPS) is 11.6. The maximum absolute atomic E-state index is 14.8. The third-order valence-electron chi connectivity index (χ3n) is 5.43. The molecule has 5 heteroatoms. The van der Waals surface area contributed by atoms with Crippen LogP contribution in [0.3, 0.4) is 0 Å². The van der Waals surface area contributed by atoms with Crippen molar-refractivity contribution >= 4 is 33.1 Å². The van der Waals surface area contributed by atoms with Crippen LogP contribution in [0.25, 0.3) is 44.5 Å². The van der Waals surface area contributed by atoms with Gasteiger partial charge in [0.25, 0.3) is 0 Å². The number of hydrogen-bond donors (Lipinski definition) is 0. The average Bonchev–Trinajstić information content (AvgIpc) is 3.34. The van der Waals surface area contributed by atoms with E-state index in [0.29, 0.717) is 28.6 Å². The Morgan fingerprint density at radius 1 is 0.867 bits per heavy atom. The van der Waals surface area contributed by atoms with Crippen LogP contribution in [-0.2, 0) is 6.54 Å². The fraction of sp³-hybridized carbons (Fsp3) is 0.0400. The molecule has 0 saturated heterocycles. The first-order valence-corrected chi connectivity index (χ1v) is 9.75. The molecule has 4 nitrogen and oxygen atoms in total. The lowest BCUT2D eigenvalue weighted by Crippen LogP contribution is -2.02. The van der Waals surface area contributed by atoms with Gasteiger partial charge in [-0.15, -0.1) is 0 Å². The Balaban J connectivity index is 1.67. The summed E-state index contributed by atoms with van der Waals surface area (Å²) >= 11 is 0. The summed E-state index contributed by atoms with van der Waals surface area (Å²) in [6.07, 6.45) is 1.65. The molecule has 0 aliphatic heterocycles. The Labute approximate surface area is 171 Å².